The van der Waals surface area contributed by atoms with Crippen LogP contribution in [0.25, 0.3) is 22.2 Å². The molecule has 0 fully saturated rings. The minimum atomic E-state index is -0.395. The van der Waals surface area contributed by atoms with Crippen LogP contribution in [0, 0.1) is 5.92 Å². The fourth-order valence-corrected chi connectivity index (χ4v) is 3.57. The lowest BCUT2D eigenvalue weighted by Crippen LogP contribution is -2.33. The number of aromatic nitrogens is 4. The van der Waals surface area contributed by atoms with Gasteiger partial charge in [-0.1, -0.05) is 19.0 Å². The standard InChI is InChI=1S/C20H19N5O3S/c1-12(2)17(19-24-18(25-28-19)13-5-7-21-8-6-13)23-16(26)10-14-11-29-20(22-14)15-4-3-9-27-15/h3-9,11-12,17H,10H2,1-2H3,(H,23,26)/t17-/m0/s1. The fourth-order valence-electron chi connectivity index (χ4n) is 2.78. The molecule has 29 heavy (non-hydrogen) atoms. The van der Waals surface area contributed by atoms with Gasteiger partial charge in [0.25, 0.3) is 0 Å². The van der Waals surface area contributed by atoms with Crippen LogP contribution in [0.3, 0.4) is 0 Å². The molecular formula is C20H19N5O3S. The van der Waals surface area contributed by atoms with Gasteiger partial charge in [-0.25, -0.2) is 4.98 Å². The van der Waals surface area contributed by atoms with E-state index in [1.807, 2.05) is 25.3 Å². The summed E-state index contributed by atoms with van der Waals surface area (Å²) in [7, 11) is 0. The maximum absolute atomic E-state index is 12.6. The molecule has 0 aliphatic heterocycles. The third kappa shape index (κ3) is 4.40. The molecule has 1 N–H and O–H groups in total. The van der Waals surface area contributed by atoms with E-state index in [0.717, 1.165) is 10.6 Å². The Morgan fingerprint density at radius 1 is 1.21 bits per heavy atom. The smallest absolute Gasteiger partial charge is 0.249 e. The van der Waals surface area contributed by atoms with Crippen molar-refractivity contribution in [2.45, 2.75) is 26.3 Å². The first-order valence-corrected chi connectivity index (χ1v) is 10.00. The third-order valence-electron chi connectivity index (χ3n) is 4.25. The molecule has 0 aromatic carbocycles. The van der Waals surface area contributed by atoms with E-state index in [1.54, 1.807) is 36.9 Å². The van der Waals surface area contributed by atoms with Gasteiger partial charge in [-0.15, -0.1) is 11.3 Å². The zero-order chi connectivity index (χ0) is 20.2. The molecule has 8 nitrogen and oxygen atoms in total. The average molecular weight is 409 g/mol. The first kappa shape index (κ1) is 19.0. The van der Waals surface area contributed by atoms with Crippen LogP contribution in [0.15, 0.2) is 57.2 Å². The monoisotopic (exact) mass is 409 g/mol. The Bertz CT molecular complexity index is 1070. The van der Waals surface area contributed by atoms with Crippen LogP contribution in [0.2, 0.25) is 0 Å². The quantitative estimate of drug-likeness (QED) is 0.493. The number of amides is 1. The van der Waals surface area contributed by atoms with Crippen molar-refractivity contribution in [3.63, 3.8) is 0 Å². The van der Waals surface area contributed by atoms with Crippen LogP contribution in [-0.2, 0) is 11.2 Å². The third-order valence-corrected chi connectivity index (χ3v) is 5.16. The summed E-state index contributed by atoms with van der Waals surface area (Å²) in [6.07, 6.45) is 5.09. The van der Waals surface area contributed by atoms with Gasteiger partial charge in [0.15, 0.2) is 10.8 Å². The highest BCUT2D eigenvalue weighted by Gasteiger charge is 2.25. The van der Waals surface area contributed by atoms with E-state index in [9.17, 15) is 4.79 Å². The summed E-state index contributed by atoms with van der Waals surface area (Å²) in [6.45, 7) is 3.97. The van der Waals surface area contributed by atoms with Crippen LogP contribution in [0.4, 0.5) is 0 Å². The molecule has 4 aromatic rings. The van der Waals surface area contributed by atoms with Gasteiger partial charge in [0.2, 0.25) is 17.6 Å². The molecule has 1 amide bonds. The molecule has 0 saturated heterocycles. The van der Waals surface area contributed by atoms with Crippen molar-refractivity contribution in [1.82, 2.24) is 25.4 Å². The van der Waals surface area contributed by atoms with Gasteiger partial charge in [0.1, 0.15) is 6.04 Å². The summed E-state index contributed by atoms with van der Waals surface area (Å²) in [6, 6.07) is 6.86. The van der Waals surface area contributed by atoms with Crippen molar-refractivity contribution in [2.75, 3.05) is 0 Å². The molecule has 0 aliphatic carbocycles. The van der Waals surface area contributed by atoms with E-state index in [0.29, 0.717) is 23.2 Å². The second-order valence-corrected chi connectivity index (χ2v) is 7.64. The van der Waals surface area contributed by atoms with Crippen LogP contribution < -0.4 is 5.32 Å². The first-order valence-electron chi connectivity index (χ1n) is 9.12. The number of furan rings is 1. The Hall–Kier alpha value is -3.33. The van der Waals surface area contributed by atoms with Crippen molar-refractivity contribution in [1.29, 1.82) is 0 Å². The van der Waals surface area contributed by atoms with Crippen molar-refractivity contribution in [3.8, 4) is 22.2 Å². The molecule has 0 aliphatic rings. The number of carbonyl (C=O) groups excluding carboxylic acids is 1. The topological polar surface area (TPSA) is 107 Å². The molecule has 0 unspecified atom stereocenters. The maximum atomic E-state index is 12.6. The summed E-state index contributed by atoms with van der Waals surface area (Å²) in [5, 5.41) is 9.61. The molecule has 1 atom stereocenters. The molecule has 4 heterocycles. The number of hydrogen-bond acceptors (Lipinski definition) is 8. The van der Waals surface area contributed by atoms with E-state index in [-0.39, 0.29) is 18.2 Å². The van der Waals surface area contributed by atoms with Crippen molar-refractivity contribution in [3.05, 3.63) is 59.9 Å². The lowest BCUT2D eigenvalue weighted by Gasteiger charge is -2.18. The molecule has 9 heteroatoms. The molecule has 0 spiro atoms. The number of rotatable bonds is 7. The SMILES string of the molecule is CC(C)[C@H](NC(=O)Cc1csc(-c2ccco2)n1)c1nc(-c2ccncc2)no1. The van der Waals surface area contributed by atoms with Gasteiger partial charge in [-0.05, 0) is 30.2 Å². The molecule has 0 radical (unpaired) electrons. The normalized spacial score (nSPS) is 12.2. The van der Waals surface area contributed by atoms with Gasteiger partial charge in [0.05, 0.1) is 18.4 Å². The van der Waals surface area contributed by atoms with Gasteiger partial charge >= 0.3 is 0 Å². The van der Waals surface area contributed by atoms with Crippen molar-refractivity contribution < 1.29 is 13.7 Å². The van der Waals surface area contributed by atoms with E-state index in [1.165, 1.54) is 11.3 Å². The molecular weight excluding hydrogens is 390 g/mol. The molecule has 0 bridgehead atoms. The Labute approximate surface area is 171 Å². The van der Waals surface area contributed by atoms with Crippen molar-refractivity contribution >= 4 is 17.2 Å². The maximum Gasteiger partial charge on any atom is 0.249 e. The second-order valence-electron chi connectivity index (χ2n) is 6.78. The van der Waals surface area contributed by atoms with E-state index in [4.69, 9.17) is 8.94 Å². The predicted molar refractivity (Wildman–Crippen MR) is 107 cm³/mol. The number of nitrogens with zero attached hydrogens (tertiary/aromatic N) is 4. The Morgan fingerprint density at radius 3 is 2.76 bits per heavy atom. The number of pyridine rings is 1. The molecule has 0 saturated carbocycles. The highest BCUT2D eigenvalue weighted by Crippen LogP contribution is 2.25. The Balaban J connectivity index is 1.45. The summed E-state index contributed by atoms with van der Waals surface area (Å²) < 4.78 is 10.8. The molecule has 4 aromatic heterocycles. The number of hydrogen-bond donors (Lipinski definition) is 1. The minimum Gasteiger partial charge on any atom is -0.462 e. The Kier molecular flexibility index (Phi) is 5.48. The highest BCUT2D eigenvalue weighted by atomic mass is 32.1. The number of carbonyl (C=O) groups is 1. The van der Waals surface area contributed by atoms with Crippen LogP contribution in [0.5, 0.6) is 0 Å². The summed E-state index contributed by atoms with van der Waals surface area (Å²) in [4.78, 5) is 25.5. The fraction of sp³-hybridized carbons (Fsp3) is 0.250. The summed E-state index contributed by atoms with van der Waals surface area (Å²) in [5.74, 6) is 1.43. The van der Waals surface area contributed by atoms with Gasteiger partial charge in [-0.2, -0.15) is 4.98 Å². The lowest BCUT2D eigenvalue weighted by atomic mass is 10.0. The van der Waals surface area contributed by atoms with Crippen LogP contribution in [0.1, 0.15) is 31.5 Å². The average Bonchev–Trinajstić information content (AvgIpc) is 3.47. The second kappa shape index (κ2) is 8.36. The Morgan fingerprint density at radius 2 is 2.03 bits per heavy atom. The number of nitrogens with one attached hydrogen (secondary N) is 1. The molecule has 148 valence electrons. The zero-order valence-corrected chi connectivity index (χ0v) is 16.7. The highest BCUT2D eigenvalue weighted by molar-refractivity contribution is 7.13. The summed E-state index contributed by atoms with van der Waals surface area (Å²) in [5.41, 5.74) is 1.49. The van der Waals surface area contributed by atoms with E-state index >= 15 is 0 Å². The zero-order valence-electron chi connectivity index (χ0n) is 15.9. The van der Waals surface area contributed by atoms with Crippen molar-refractivity contribution in [2.24, 2.45) is 5.92 Å². The van der Waals surface area contributed by atoms with E-state index in [2.05, 4.69) is 25.4 Å². The first-order chi connectivity index (χ1) is 14.1. The molecule has 4 rings (SSSR count). The largest absolute Gasteiger partial charge is 0.462 e. The number of thiazole rings is 1. The lowest BCUT2D eigenvalue weighted by molar-refractivity contribution is -0.121. The van der Waals surface area contributed by atoms with Gasteiger partial charge in [-0.3, -0.25) is 9.78 Å². The summed E-state index contributed by atoms with van der Waals surface area (Å²) >= 11 is 1.44. The van der Waals surface area contributed by atoms with Gasteiger partial charge < -0.3 is 14.3 Å². The van der Waals surface area contributed by atoms with Crippen LogP contribution >= 0.6 is 11.3 Å². The predicted octanol–water partition coefficient (Wildman–Crippen LogP) is 3.90. The van der Waals surface area contributed by atoms with E-state index < -0.39 is 6.04 Å². The van der Waals surface area contributed by atoms with Gasteiger partial charge in [0, 0.05) is 23.3 Å². The van der Waals surface area contributed by atoms with Crippen LogP contribution in [-0.4, -0.2) is 26.0 Å². The minimum absolute atomic E-state index is 0.0683.